The number of hydrogen-bond acceptors (Lipinski definition) is 0. The largest absolute Gasteiger partial charge is 0.309 e. The summed E-state index contributed by atoms with van der Waals surface area (Å²) in [6.45, 7) is 0. The normalized spacial score (nSPS) is 11.3. The Labute approximate surface area is 209 Å². The van der Waals surface area contributed by atoms with E-state index in [1.807, 2.05) is 0 Å². The Hall–Kier alpha value is -3.14. The summed E-state index contributed by atoms with van der Waals surface area (Å²) in [6, 6.07) is 41.2. The van der Waals surface area contributed by atoms with Crippen LogP contribution in [0.3, 0.4) is 0 Å². The van der Waals surface area contributed by atoms with E-state index in [1.165, 1.54) is 49.7 Å². The average Bonchev–Trinajstić information content (AvgIpc) is 3.18. The van der Waals surface area contributed by atoms with Gasteiger partial charge < -0.3 is 4.57 Å². The number of hydrogen-bond donors (Lipinski definition) is 0. The van der Waals surface area contributed by atoms with Gasteiger partial charge in [0.15, 0.2) is 0 Å². The third-order valence-corrected chi connectivity index (χ3v) is 7.02. The minimum absolute atomic E-state index is 1.06. The zero-order valence-electron chi connectivity index (χ0n) is 17.7. The fourth-order valence-electron chi connectivity index (χ4n) is 4.58. The molecule has 0 N–H and O–H groups in total. The molecule has 0 amide bonds. The van der Waals surface area contributed by atoms with Crippen LogP contribution in [0.25, 0.3) is 49.7 Å². The van der Waals surface area contributed by atoms with E-state index in [2.05, 4.69) is 152 Å². The van der Waals surface area contributed by atoms with E-state index in [9.17, 15) is 0 Å². The molecule has 1 heterocycles. The standard InChI is InChI=1S/C30H19Br2N/c31-24-16-23(17-25(32)19-24)21-12-10-20(11-13-21)22-14-15-28-27-8-4-5-9-29(27)33(30(28)18-22)26-6-2-1-3-7-26/h1-19H. The van der Waals surface area contributed by atoms with Crippen molar-refractivity contribution in [3.05, 3.63) is 124 Å². The lowest BCUT2D eigenvalue weighted by molar-refractivity contribution is 1.18. The summed E-state index contributed by atoms with van der Waals surface area (Å²) in [6.07, 6.45) is 0. The van der Waals surface area contributed by atoms with Crippen molar-refractivity contribution in [1.82, 2.24) is 4.57 Å². The van der Waals surface area contributed by atoms with Crippen LogP contribution in [0, 0.1) is 0 Å². The summed E-state index contributed by atoms with van der Waals surface area (Å²) < 4.78 is 4.49. The smallest absolute Gasteiger partial charge is 0.0547 e. The van der Waals surface area contributed by atoms with Crippen LogP contribution >= 0.6 is 31.9 Å². The zero-order chi connectivity index (χ0) is 22.4. The van der Waals surface area contributed by atoms with Gasteiger partial charge in [0.25, 0.3) is 0 Å². The second-order valence-electron chi connectivity index (χ2n) is 8.16. The molecule has 0 bridgehead atoms. The summed E-state index contributed by atoms with van der Waals surface area (Å²) in [5, 5.41) is 2.55. The van der Waals surface area contributed by atoms with E-state index in [4.69, 9.17) is 0 Å². The van der Waals surface area contributed by atoms with Crippen LogP contribution in [0.5, 0.6) is 0 Å². The van der Waals surface area contributed by atoms with Gasteiger partial charge in [-0.05, 0) is 64.7 Å². The van der Waals surface area contributed by atoms with Gasteiger partial charge in [0.2, 0.25) is 0 Å². The molecule has 0 aliphatic rings. The molecule has 33 heavy (non-hydrogen) atoms. The fraction of sp³-hybridized carbons (Fsp3) is 0. The molecule has 6 aromatic rings. The van der Waals surface area contributed by atoms with Gasteiger partial charge in [0.1, 0.15) is 0 Å². The van der Waals surface area contributed by atoms with Crippen molar-refractivity contribution in [3.8, 4) is 27.9 Å². The van der Waals surface area contributed by atoms with Crippen LogP contribution in [0.4, 0.5) is 0 Å². The molecule has 3 heteroatoms. The van der Waals surface area contributed by atoms with Crippen LogP contribution in [-0.4, -0.2) is 4.57 Å². The number of aromatic nitrogens is 1. The summed E-state index contributed by atoms with van der Waals surface area (Å²) in [5.41, 5.74) is 8.43. The summed E-state index contributed by atoms with van der Waals surface area (Å²) in [7, 11) is 0. The maximum atomic E-state index is 3.59. The zero-order valence-corrected chi connectivity index (χ0v) is 20.8. The first-order chi connectivity index (χ1) is 16.2. The quantitative estimate of drug-likeness (QED) is 0.206. The first-order valence-electron chi connectivity index (χ1n) is 10.8. The molecule has 6 rings (SSSR count). The van der Waals surface area contributed by atoms with E-state index >= 15 is 0 Å². The van der Waals surface area contributed by atoms with Gasteiger partial charge in [-0.15, -0.1) is 0 Å². The van der Waals surface area contributed by atoms with Gasteiger partial charge in [-0.3, -0.25) is 0 Å². The number of nitrogens with zero attached hydrogens (tertiary/aromatic N) is 1. The maximum absolute atomic E-state index is 3.59. The molecule has 0 saturated carbocycles. The van der Waals surface area contributed by atoms with E-state index in [0.29, 0.717) is 0 Å². The highest BCUT2D eigenvalue weighted by Gasteiger charge is 2.13. The summed E-state index contributed by atoms with van der Waals surface area (Å²) in [4.78, 5) is 0. The van der Waals surface area contributed by atoms with Gasteiger partial charge >= 0.3 is 0 Å². The molecular weight excluding hydrogens is 534 g/mol. The molecule has 1 aromatic heterocycles. The number of para-hydroxylation sites is 2. The highest BCUT2D eigenvalue weighted by molar-refractivity contribution is 9.11. The Kier molecular flexibility index (Phi) is 5.17. The third kappa shape index (κ3) is 3.72. The van der Waals surface area contributed by atoms with Gasteiger partial charge in [-0.1, -0.05) is 105 Å². The highest BCUT2D eigenvalue weighted by atomic mass is 79.9. The minimum atomic E-state index is 1.06. The highest BCUT2D eigenvalue weighted by Crippen LogP contribution is 2.35. The summed E-state index contributed by atoms with van der Waals surface area (Å²) in [5.74, 6) is 0. The Balaban J connectivity index is 1.49. The number of fused-ring (bicyclic) bond motifs is 3. The van der Waals surface area contributed by atoms with Gasteiger partial charge in [-0.25, -0.2) is 0 Å². The number of benzene rings is 5. The lowest BCUT2D eigenvalue weighted by atomic mass is 9.99. The Morgan fingerprint density at radius 1 is 0.424 bits per heavy atom. The molecule has 1 nitrogen and oxygen atoms in total. The van der Waals surface area contributed by atoms with Crippen LogP contribution < -0.4 is 0 Å². The Morgan fingerprint density at radius 2 is 1.00 bits per heavy atom. The van der Waals surface area contributed by atoms with Crippen molar-refractivity contribution in [3.63, 3.8) is 0 Å². The first-order valence-corrected chi connectivity index (χ1v) is 12.4. The lowest BCUT2D eigenvalue weighted by Crippen LogP contribution is -1.93. The van der Waals surface area contributed by atoms with E-state index < -0.39 is 0 Å². The maximum Gasteiger partial charge on any atom is 0.0547 e. The predicted molar refractivity (Wildman–Crippen MR) is 147 cm³/mol. The average molecular weight is 553 g/mol. The number of halogens is 2. The van der Waals surface area contributed by atoms with Crippen LogP contribution in [0.1, 0.15) is 0 Å². The molecule has 5 aromatic carbocycles. The van der Waals surface area contributed by atoms with Gasteiger partial charge in [0.05, 0.1) is 11.0 Å². The van der Waals surface area contributed by atoms with Crippen LogP contribution in [0.2, 0.25) is 0 Å². The predicted octanol–water partition coefficient (Wildman–Crippen LogP) is 9.64. The van der Waals surface area contributed by atoms with Crippen molar-refractivity contribution < 1.29 is 0 Å². The third-order valence-electron chi connectivity index (χ3n) is 6.10. The molecule has 0 radical (unpaired) electrons. The Bertz CT molecular complexity index is 1590. The van der Waals surface area contributed by atoms with Crippen molar-refractivity contribution >= 4 is 53.7 Å². The Morgan fingerprint density at radius 3 is 1.73 bits per heavy atom. The molecule has 0 spiro atoms. The van der Waals surface area contributed by atoms with Crippen LogP contribution in [0.15, 0.2) is 124 Å². The second kappa shape index (κ2) is 8.33. The molecule has 0 unspecified atom stereocenters. The SMILES string of the molecule is Brc1cc(Br)cc(-c2ccc(-c3ccc4c5ccccc5n(-c5ccccc5)c4c3)cc2)c1. The van der Waals surface area contributed by atoms with Crippen molar-refractivity contribution in [2.75, 3.05) is 0 Å². The van der Waals surface area contributed by atoms with Gasteiger partial charge in [-0.2, -0.15) is 0 Å². The van der Waals surface area contributed by atoms with E-state index in [1.54, 1.807) is 0 Å². The molecule has 0 aliphatic carbocycles. The number of rotatable bonds is 3. The lowest BCUT2D eigenvalue weighted by Gasteiger charge is -2.09. The molecule has 0 fully saturated rings. The first kappa shape index (κ1) is 20.5. The van der Waals surface area contributed by atoms with Crippen molar-refractivity contribution in [2.45, 2.75) is 0 Å². The van der Waals surface area contributed by atoms with Crippen LogP contribution in [-0.2, 0) is 0 Å². The fourth-order valence-corrected chi connectivity index (χ4v) is 5.87. The molecule has 0 aliphatic heterocycles. The molecule has 158 valence electrons. The topological polar surface area (TPSA) is 4.93 Å². The van der Waals surface area contributed by atoms with Gasteiger partial charge in [0, 0.05) is 25.4 Å². The minimum Gasteiger partial charge on any atom is -0.309 e. The van der Waals surface area contributed by atoms with Crippen molar-refractivity contribution in [2.24, 2.45) is 0 Å². The van der Waals surface area contributed by atoms with E-state index in [-0.39, 0.29) is 0 Å². The molecule has 0 atom stereocenters. The summed E-state index contributed by atoms with van der Waals surface area (Å²) >= 11 is 7.19. The second-order valence-corrected chi connectivity index (χ2v) is 9.99. The van der Waals surface area contributed by atoms with E-state index in [0.717, 1.165) is 8.95 Å². The molecule has 0 saturated heterocycles. The monoisotopic (exact) mass is 551 g/mol. The molecular formula is C30H19Br2N. The van der Waals surface area contributed by atoms with Crippen molar-refractivity contribution in [1.29, 1.82) is 0 Å².